The van der Waals surface area contributed by atoms with Gasteiger partial charge < -0.3 is 5.11 Å². The maximum Gasteiger partial charge on any atom is 0.320 e. The Morgan fingerprint density at radius 2 is 2.40 bits per heavy atom. The summed E-state index contributed by atoms with van der Waals surface area (Å²) in [6.45, 7) is 3.58. The lowest BCUT2D eigenvalue weighted by Gasteiger charge is -2.05. The number of carboxylic acid groups (broad SMARTS) is 1. The molecule has 10 heavy (non-hydrogen) atoms. The van der Waals surface area contributed by atoms with Gasteiger partial charge in [-0.05, 0) is 12.8 Å². The zero-order valence-corrected chi connectivity index (χ0v) is 5.71. The van der Waals surface area contributed by atoms with Crippen LogP contribution in [0.25, 0.3) is 0 Å². The third-order valence-corrected chi connectivity index (χ3v) is 1.76. The Labute approximate surface area is 59.7 Å². The van der Waals surface area contributed by atoms with Crippen molar-refractivity contribution in [3.63, 3.8) is 0 Å². The fraction of sp³-hybridized carbons (Fsp3) is 0.571. The first kappa shape index (κ1) is 7.28. The zero-order valence-electron chi connectivity index (χ0n) is 5.71. The van der Waals surface area contributed by atoms with Crippen molar-refractivity contribution in [2.24, 2.45) is 0 Å². The lowest BCUT2D eigenvalue weighted by Crippen LogP contribution is -2.34. The maximum atomic E-state index is 10.4. The van der Waals surface area contributed by atoms with E-state index >= 15 is 0 Å². The Hall–Kier alpha value is -0.830. The molecular formula is C7H11NO2. The van der Waals surface area contributed by atoms with E-state index < -0.39 is 5.97 Å². The lowest BCUT2D eigenvalue weighted by atomic mass is 10.2. The summed E-state index contributed by atoms with van der Waals surface area (Å²) >= 11 is 0. The van der Waals surface area contributed by atoms with E-state index in [-0.39, 0.29) is 12.1 Å². The van der Waals surface area contributed by atoms with Crippen LogP contribution in [-0.2, 0) is 4.79 Å². The van der Waals surface area contributed by atoms with Crippen LogP contribution in [-0.4, -0.2) is 23.2 Å². The molecule has 1 rings (SSSR count). The van der Waals surface area contributed by atoms with Gasteiger partial charge >= 0.3 is 5.97 Å². The molecule has 0 aromatic heterocycles. The first-order chi connectivity index (χ1) is 4.74. The molecule has 0 saturated carbocycles. The van der Waals surface area contributed by atoms with Gasteiger partial charge in [-0.15, -0.1) is 6.58 Å². The Balaban J connectivity index is 2.42. The van der Waals surface area contributed by atoms with Gasteiger partial charge in [0.25, 0.3) is 0 Å². The van der Waals surface area contributed by atoms with Gasteiger partial charge in [0.05, 0.1) is 0 Å². The SMILES string of the molecule is C=C[C@@H]1CC[C@@H](C(=O)O)N1. The molecule has 2 N–H and O–H groups in total. The minimum atomic E-state index is -0.760. The maximum absolute atomic E-state index is 10.4. The highest BCUT2D eigenvalue weighted by molar-refractivity contribution is 5.73. The zero-order chi connectivity index (χ0) is 7.56. The molecule has 1 aliphatic heterocycles. The molecule has 0 aliphatic carbocycles. The molecule has 1 fully saturated rings. The van der Waals surface area contributed by atoms with Gasteiger partial charge in [-0.25, -0.2) is 0 Å². The van der Waals surface area contributed by atoms with Crippen molar-refractivity contribution in [3.05, 3.63) is 12.7 Å². The van der Waals surface area contributed by atoms with Crippen LogP contribution in [0.15, 0.2) is 12.7 Å². The minimum Gasteiger partial charge on any atom is -0.480 e. The normalized spacial score (nSPS) is 32.0. The number of carbonyl (C=O) groups is 1. The van der Waals surface area contributed by atoms with E-state index in [1.807, 2.05) is 0 Å². The topological polar surface area (TPSA) is 49.3 Å². The van der Waals surface area contributed by atoms with Crippen LogP contribution in [0, 0.1) is 0 Å². The summed E-state index contributed by atoms with van der Waals surface area (Å²) in [6.07, 6.45) is 3.36. The second-order valence-electron chi connectivity index (χ2n) is 2.48. The summed E-state index contributed by atoms with van der Waals surface area (Å²) in [7, 11) is 0. The molecule has 3 heteroatoms. The highest BCUT2D eigenvalue weighted by Gasteiger charge is 2.26. The summed E-state index contributed by atoms with van der Waals surface area (Å²) in [5.41, 5.74) is 0. The molecule has 0 radical (unpaired) electrons. The van der Waals surface area contributed by atoms with Crippen molar-refractivity contribution < 1.29 is 9.90 Å². The van der Waals surface area contributed by atoms with Crippen molar-refractivity contribution >= 4 is 5.97 Å². The summed E-state index contributed by atoms with van der Waals surface area (Å²) in [5, 5.41) is 11.5. The molecule has 1 aliphatic rings. The fourth-order valence-corrected chi connectivity index (χ4v) is 1.15. The van der Waals surface area contributed by atoms with Gasteiger partial charge in [-0.1, -0.05) is 6.08 Å². The molecule has 2 atom stereocenters. The predicted molar refractivity (Wildman–Crippen MR) is 37.8 cm³/mol. The lowest BCUT2D eigenvalue weighted by molar-refractivity contribution is -0.139. The van der Waals surface area contributed by atoms with Crippen molar-refractivity contribution in [1.29, 1.82) is 0 Å². The van der Waals surface area contributed by atoms with Crippen LogP contribution in [0.4, 0.5) is 0 Å². The highest BCUT2D eigenvalue weighted by atomic mass is 16.4. The monoisotopic (exact) mass is 141 g/mol. The second kappa shape index (κ2) is 2.84. The molecular weight excluding hydrogens is 130 g/mol. The first-order valence-corrected chi connectivity index (χ1v) is 3.35. The molecule has 0 unspecified atom stereocenters. The van der Waals surface area contributed by atoms with Crippen molar-refractivity contribution in [2.45, 2.75) is 24.9 Å². The van der Waals surface area contributed by atoms with E-state index in [0.29, 0.717) is 6.42 Å². The number of rotatable bonds is 2. The van der Waals surface area contributed by atoms with Crippen molar-refractivity contribution in [2.75, 3.05) is 0 Å². The fourth-order valence-electron chi connectivity index (χ4n) is 1.15. The van der Waals surface area contributed by atoms with E-state index in [1.165, 1.54) is 0 Å². The molecule has 3 nitrogen and oxygen atoms in total. The van der Waals surface area contributed by atoms with Crippen LogP contribution < -0.4 is 5.32 Å². The first-order valence-electron chi connectivity index (χ1n) is 3.35. The highest BCUT2D eigenvalue weighted by Crippen LogP contribution is 2.12. The minimum absolute atomic E-state index is 0.195. The van der Waals surface area contributed by atoms with Gasteiger partial charge in [0.15, 0.2) is 0 Å². The molecule has 0 bridgehead atoms. The smallest absolute Gasteiger partial charge is 0.320 e. The summed E-state index contributed by atoms with van der Waals surface area (Å²) < 4.78 is 0. The van der Waals surface area contributed by atoms with Crippen LogP contribution >= 0.6 is 0 Å². The molecule has 0 aromatic rings. The van der Waals surface area contributed by atoms with Gasteiger partial charge in [-0.2, -0.15) is 0 Å². The summed E-state index contributed by atoms with van der Waals surface area (Å²) in [4.78, 5) is 10.4. The summed E-state index contributed by atoms with van der Waals surface area (Å²) in [5.74, 6) is -0.760. The van der Waals surface area contributed by atoms with Crippen molar-refractivity contribution in [3.8, 4) is 0 Å². The van der Waals surface area contributed by atoms with E-state index in [0.717, 1.165) is 6.42 Å². The van der Waals surface area contributed by atoms with Crippen LogP contribution in [0.3, 0.4) is 0 Å². The number of hydrogen-bond acceptors (Lipinski definition) is 2. The van der Waals surface area contributed by atoms with E-state index in [9.17, 15) is 4.79 Å². The number of nitrogens with one attached hydrogen (secondary N) is 1. The molecule has 0 spiro atoms. The Kier molecular flexibility index (Phi) is 2.06. The molecule has 0 amide bonds. The molecule has 1 saturated heterocycles. The molecule has 1 heterocycles. The van der Waals surface area contributed by atoms with Crippen LogP contribution in [0.5, 0.6) is 0 Å². The Morgan fingerprint density at radius 1 is 1.70 bits per heavy atom. The van der Waals surface area contributed by atoms with E-state index in [4.69, 9.17) is 5.11 Å². The van der Waals surface area contributed by atoms with Gasteiger partial charge in [0, 0.05) is 6.04 Å². The van der Waals surface area contributed by atoms with Crippen LogP contribution in [0.2, 0.25) is 0 Å². The van der Waals surface area contributed by atoms with Gasteiger partial charge in [-0.3, -0.25) is 10.1 Å². The Morgan fingerprint density at radius 3 is 2.70 bits per heavy atom. The average molecular weight is 141 g/mol. The van der Waals surface area contributed by atoms with E-state index in [1.54, 1.807) is 6.08 Å². The van der Waals surface area contributed by atoms with E-state index in [2.05, 4.69) is 11.9 Å². The molecule has 0 aromatic carbocycles. The van der Waals surface area contributed by atoms with Crippen LogP contribution in [0.1, 0.15) is 12.8 Å². The molecule has 56 valence electrons. The third-order valence-electron chi connectivity index (χ3n) is 1.76. The van der Waals surface area contributed by atoms with Gasteiger partial charge in [0.2, 0.25) is 0 Å². The van der Waals surface area contributed by atoms with Gasteiger partial charge in [0.1, 0.15) is 6.04 Å². The van der Waals surface area contributed by atoms with Crippen molar-refractivity contribution in [1.82, 2.24) is 5.32 Å². The standard InChI is InChI=1S/C7H11NO2/c1-2-5-3-4-6(8-5)7(9)10/h2,5-6,8H,1,3-4H2,(H,9,10)/t5-,6+/m1/s1. The average Bonchev–Trinajstić information content (AvgIpc) is 2.34. The Bertz CT molecular complexity index is 156. The largest absolute Gasteiger partial charge is 0.480 e. The quantitative estimate of drug-likeness (QED) is 0.546. The summed E-state index contributed by atoms with van der Waals surface area (Å²) in [6, 6.07) is -0.163. The second-order valence-corrected chi connectivity index (χ2v) is 2.48. The predicted octanol–water partition coefficient (Wildman–Crippen LogP) is 0.378. The number of aliphatic carboxylic acids is 1. The number of hydrogen-bond donors (Lipinski definition) is 2. The number of carboxylic acids is 1. The third kappa shape index (κ3) is 1.36.